The average Bonchev–Trinajstić information content (AvgIpc) is 3.00. The van der Waals surface area contributed by atoms with Crippen LogP contribution in [0.4, 0.5) is 0 Å². The predicted molar refractivity (Wildman–Crippen MR) is 83.3 cm³/mol. The van der Waals surface area contributed by atoms with Gasteiger partial charge in [0, 0.05) is 15.8 Å². The van der Waals surface area contributed by atoms with Gasteiger partial charge in [-0.1, -0.05) is 6.92 Å². The monoisotopic (exact) mass is 292 g/mol. The first-order valence-corrected chi connectivity index (χ1v) is 8.65. The van der Waals surface area contributed by atoms with E-state index >= 15 is 0 Å². The minimum atomic E-state index is 0.302. The summed E-state index contributed by atoms with van der Waals surface area (Å²) in [5.41, 5.74) is 2.64. The Morgan fingerprint density at radius 3 is 2.74 bits per heavy atom. The molecule has 1 atom stereocenters. The first-order chi connectivity index (χ1) is 9.19. The van der Waals surface area contributed by atoms with E-state index in [4.69, 9.17) is 4.98 Å². The van der Waals surface area contributed by atoms with Crippen molar-refractivity contribution in [3.8, 4) is 0 Å². The van der Waals surface area contributed by atoms with Gasteiger partial charge in [-0.3, -0.25) is 0 Å². The molecular weight excluding hydrogens is 272 g/mol. The molecule has 2 nitrogen and oxygen atoms in total. The summed E-state index contributed by atoms with van der Waals surface area (Å²) in [7, 11) is 0. The molecule has 1 unspecified atom stereocenters. The fourth-order valence-electron chi connectivity index (χ4n) is 2.33. The highest BCUT2D eigenvalue weighted by molar-refractivity contribution is 7.12. The highest BCUT2D eigenvalue weighted by Gasteiger charge is 2.29. The smallest absolute Gasteiger partial charge is 0.116 e. The van der Waals surface area contributed by atoms with E-state index < -0.39 is 0 Å². The predicted octanol–water partition coefficient (Wildman–Crippen LogP) is 4.23. The fraction of sp³-hybridized carbons (Fsp3) is 0.533. The van der Waals surface area contributed by atoms with Gasteiger partial charge >= 0.3 is 0 Å². The molecular formula is C15H20N2S2. The number of thiophene rings is 1. The molecule has 0 spiro atoms. The highest BCUT2D eigenvalue weighted by atomic mass is 32.1. The van der Waals surface area contributed by atoms with Crippen LogP contribution in [0.2, 0.25) is 0 Å². The quantitative estimate of drug-likeness (QED) is 0.892. The zero-order valence-corrected chi connectivity index (χ0v) is 13.3. The Kier molecular flexibility index (Phi) is 3.74. The molecule has 0 bridgehead atoms. The molecule has 19 heavy (non-hydrogen) atoms. The molecule has 1 saturated carbocycles. The lowest BCUT2D eigenvalue weighted by Crippen LogP contribution is -2.24. The third kappa shape index (κ3) is 2.76. The summed E-state index contributed by atoms with van der Waals surface area (Å²) in [6.07, 6.45) is 3.65. The molecule has 3 rings (SSSR count). The van der Waals surface area contributed by atoms with Crippen molar-refractivity contribution in [3.63, 3.8) is 0 Å². The van der Waals surface area contributed by atoms with Crippen LogP contribution >= 0.6 is 22.7 Å². The molecule has 0 aliphatic heterocycles. The number of aromatic nitrogens is 1. The van der Waals surface area contributed by atoms with Crippen molar-refractivity contribution in [1.29, 1.82) is 0 Å². The van der Waals surface area contributed by atoms with Crippen molar-refractivity contribution in [3.05, 3.63) is 37.5 Å². The number of aryl methyl sites for hydroxylation is 3. The Morgan fingerprint density at radius 1 is 1.42 bits per heavy atom. The maximum atomic E-state index is 4.87. The van der Waals surface area contributed by atoms with Crippen LogP contribution in [0.3, 0.4) is 0 Å². The third-order valence-corrected chi connectivity index (χ3v) is 5.80. The van der Waals surface area contributed by atoms with E-state index in [9.17, 15) is 0 Å². The first-order valence-electron chi connectivity index (χ1n) is 6.95. The van der Waals surface area contributed by atoms with Gasteiger partial charge in [0.2, 0.25) is 0 Å². The van der Waals surface area contributed by atoms with Gasteiger partial charge in [-0.05, 0) is 50.1 Å². The van der Waals surface area contributed by atoms with Crippen LogP contribution in [0.25, 0.3) is 0 Å². The number of thiazole rings is 1. The summed E-state index contributed by atoms with van der Waals surface area (Å²) in [5.74, 6) is 0. The lowest BCUT2D eigenvalue weighted by atomic mass is 10.1. The largest absolute Gasteiger partial charge is 0.301 e. The van der Waals surface area contributed by atoms with Crippen LogP contribution in [0.5, 0.6) is 0 Å². The Bertz CT molecular complexity index is 566. The van der Waals surface area contributed by atoms with Gasteiger partial charge in [0.05, 0.1) is 11.7 Å². The average molecular weight is 292 g/mol. The zero-order chi connectivity index (χ0) is 13.4. The molecule has 0 aromatic carbocycles. The summed E-state index contributed by atoms with van der Waals surface area (Å²) >= 11 is 3.71. The van der Waals surface area contributed by atoms with E-state index in [2.05, 4.69) is 37.5 Å². The minimum Gasteiger partial charge on any atom is -0.301 e. The second-order valence-corrected chi connectivity index (χ2v) is 7.43. The maximum Gasteiger partial charge on any atom is 0.116 e. The molecule has 1 aliphatic rings. The highest BCUT2D eigenvalue weighted by Crippen LogP contribution is 2.35. The fourth-order valence-corrected chi connectivity index (χ4v) is 4.47. The molecule has 2 aromatic rings. The second kappa shape index (κ2) is 5.35. The summed E-state index contributed by atoms with van der Waals surface area (Å²) in [6, 6.07) is 3.21. The topological polar surface area (TPSA) is 24.9 Å². The van der Waals surface area contributed by atoms with E-state index in [0.29, 0.717) is 12.1 Å². The molecule has 1 N–H and O–H groups in total. The molecule has 1 fully saturated rings. The summed E-state index contributed by atoms with van der Waals surface area (Å²) in [5, 5.41) is 7.20. The first kappa shape index (κ1) is 13.3. The van der Waals surface area contributed by atoms with Crippen LogP contribution in [0, 0.1) is 13.8 Å². The van der Waals surface area contributed by atoms with E-state index in [-0.39, 0.29) is 0 Å². The van der Waals surface area contributed by atoms with Crippen molar-refractivity contribution >= 4 is 22.7 Å². The molecule has 2 aromatic heterocycles. The standard InChI is InChI=1S/C15H20N2S2/c1-4-12-10(3)19-15(17-12)13(16-11-5-6-11)14-9(2)7-8-18-14/h7-8,11,13,16H,4-6H2,1-3H3. The lowest BCUT2D eigenvalue weighted by Gasteiger charge is -2.16. The third-order valence-electron chi connectivity index (χ3n) is 3.63. The maximum absolute atomic E-state index is 4.87. The molecule has 2 heterocycles. The van der Waals surface area contributed by atoms with Crippen LogP contribution < -0.4 is 5.32 Å². The normalized spacial score (nSPS) is 16.8. The van der Waals surface area contributed by atoms with Crippen molar-refractivity contribution in [1.82, 2.24) is 10.3 Å². The Hall–Kier alpha value is -0.710. The Labute approximate surface area is 122 Å². The van der Waals surface area contributed by atoms with E-state index in [0.717, 1.165) is 6.42 Å². The number of hydrogen-bond acceptors (Lipinski definition) is 4. The van der Waals surface area contributed by atoms with Crippen LogP contribution in [0.1, 0.15) is 51.8 Å². The summed E-state index contributed by atoms with van der Waals surface area (Å²) in [6.45, 7) is 6.58. The molecule has 0 amide bonds. The van der Waals surface area contributed by atoms with Gasteiger partial charge in [-0.15, -0.1) is 22.7 Å². The molecule has 4 heteroatoms. The van der Waals surface area contributed by atoms with Gasteiger partial charge < -0.3 is 5.32 Å². The zero-order valence-electron chi connectivity index (χ0n) is 11.7. The number of nitrogens with zero attached hydrogens (tertiary/aromatic N) is 1. The van der Waals surface area contributed by atoms with Crippen molar-refractivity contribution in [2.24, 2.45) is 0 Å². The second-order valence-electron chi connectivity index (χ2n) is 5.25. The van der Waals surface area contributed by atoms with Crippen LogP contribution in [-0.2, 0) is 6.42 Å². The van der Waals surface area contributed by atoms with Crippen molar-refractivity contribution in [2.45, 2.75) is 52.1 Å². The van der Waals surface area contributed by atoms with Crippen LogP contribution in [-0.4, -0.2) is 11.0 Å². The minimum absolute atomic E-state index is 0.302. The summed E-state index contributed by atoms with van der Waals surface area (Å²) < 4.78 is 0. The summed E-state index contributed by atoms with van der Waals surface area (Å²) in [4.78, 5) is 7.67. The molecule has 0 saturated heterocycles. The van der Waals surface area contributed by atoms with Crippen molar-refractivity contribution in [2.75, 3.05) is 0 Å². The number of hydrogen-bond donors (Lipinski definition) is 1. The number of rotatable bonds is 5. The number of nitrogens with one attached hydrogen (secondary N) is 1. The van der Waals surface area contributed by atoms with Gasteiger partial charge in [0.1, 0.15) is 5.01 Å². The van der Waals surface area contributed by atoms with Crippen molar-refractivity contribution < 1.29 is 0 Å². The van der Waals surface area contributed by atoms with Crippen LogP contribution in [0.15, 0.2) is 11.4 Å². The molecule has 1 aliphatic carbocycles. The Balaban J connectivity index is 1.95. The van der Waals surface area contributed by atoms with Gasteiger partial charge in [-0.25, -0.2) is 4.98 Å². The SMILES string of the molecule is CCc1nc(C(NC2CC2)c2sccc2C)sc1C. The van der Waals surface area contributed by atoms with Gasteiger partial charge in [0.15, 0.2) is 0 Å². The Morgan fingerprint density at radius 2 is 2.21 bits per heavy atom. The molecule has 0 radical (unpaired) electrons. The molecule has 102 valence electrons. The lowest BCUT2D eigenvalue weighted by molar-refractivity contribution is 0.602. The van der Waals surface area contributed by atoms with E-state index in [1.165, 1.54) is 38.9 Å². The van der Waals surface area contributed by atoms with E-state index in [1.54, 1.807) is 0 Å². The van der Waals surface area contributed by atoms with Gasteiger partial charge in [0.25, 0.3) is 0 Å². The van der Waals surface area contributed by atoms with E-state index in [1.807, 2.05) is 22.7 Å². The van der Waals surface area contributed by atoms with Gasteiger partial charge in [-0.2, -0.15) is 0 Å².